The normalized spacial score (nSPS) is 43.1. The summed E-state index contributed by atoms with van der Waals surface area (Å²) >= 11 is 0. The fraction of sp³-hybridized carbons (Fsp3) is 0.933. The van der Waals surface area contributed by atoms with Crippen molar-refractivity contribution in [1.29, 1.82) is 0 Å². The van der Waals surface area contributed by atoms with Gasteiger partial charge in [0, 0.05) is 18.0 Å². The number of rotatable bonds is 3. The number of fused-ring (bicyclic) bond motifs is 2. The van der Waals surface area contributed by atoms with Crippen LogP contribution in [0.4, 0.5) is 0 Å². The molecular formula is C15H26N2O. The highest BCUT2D eigenvalue weighted by molar-refractivity contribution is 5.79. The van der Waals surface area contributed by atoms with Crippen LogP contribution in [0.5, 0.6) is 0 Å². The molecule has 0 aliphatic heterocycles. The molecule has 3 aliphatic carbocycles. The molecule has 18 heavy (non-hydrogen) atoms. The van der Waals surface area contributed by atoms with Gasteiger partial charge in [0.25, 0.3) is 0 Å². The van der Waals surface area contributed by atoms with E-state index >= 15 is 0 Å². The standard InChI is InChI=1S/C15H26N2O/c1-16-12-4-6-13(7-5-12)17-15(18)14-9-10-2-3-11(14)8-10/h10-14,16H,2-9H2,1H3,(H,17,18). The third kappa shape index (κ3) is 2.42. The van der Waals surface area contributed by atoms with E-state index in [4.69, 9.17) is 0 Å². The van der Waals surface area contributed by atoms with Crippen LogP contribution in [0, 0.1) is 17.8 Å². The molecule has 0 saturated heterocycles. The average Bonchev–Trinajstić information content (AvgIpc) is 3.02. The van der Waals surface area contributed by atoms with Gasteiger partial charge in [-0.1, -0.05) is 6.42 Å². The number of carbonyl (C=O) groups excluding carboxylic acids is 1. The zero-order valence-corrected chi connectivity index (χ0v) is 11.5. The molecule has 0 aromatic carbocycles. The molecule has 0 spiro atoms. The Morgan fingerprint density at radius 1 is 0.944 bits per heavy atom. The second-order valence-electron chi connectivity index (χ2n) is 6.63. The van der Waals surface area contributed by atoms with E-state index in [0.29, 0.717) is 29.8 Å². The van der Waals surface area contributed by atoms with Gasteiger partial charge >= 0.3 is 0 Å². The van der Waals surface area contributed by atoms with E-state index in [2.05, 4.69) is 10.6 Å². The third-order valence-corrected chi connectivity index (χ3v) is 5.56. The summed E-state index contributed by atoms with van der Waals surface area (Å²) in [5.41, 5.74) is 0. The van der Waals surface area contributed by atoms with Crippen molar-refractivity contribution in [3.63, 3.8) is 0 Å². The minimum Gasteiger partial charge on any atom is -0.353 e. The van der Waals surface area contributed by atoms with Crippen LogP contribution in [-0.4, -0.2) is 25.0 Å². The van der Waals surface area contributed by atoms with E-state index in [1.165, 1.54) is 38.5 Å². The quantitative estimate of drug-likeness (QED) is 0.805. The highest BCUT2D eigenvalue weighted by Gasteiger charge is 2.43. The number of nitrogens with one attached hydrogen (secondary N) is 2. The van der Waals surface area contributed by atoms with E-state index in [1.54, 1.807) is 0 Å². The van der Waals surface area contributed by atoms with Crippen LogP contribution in [0.25, 0.3) is 0 Å². The topological polar surface area (TPSA) is 41.1 Å². The molecule has 1 amide bonds. The largest absolute Gasteiger partial charge is 0.353 e. The molecule has 0 heterocycles. The van der Waals surface area contributed by atoms with E-state index < -0.39 is 0 Å². The van der Waals surface area contributed by atoms with Crippen LogP contribution in [-0.2, 0) is 4.79 Å². The van der Waals surface area contributed by atoms with E-state index in [-0.39, 0.29) is 0 Å². The van der Waals surface area contributed by atoms with Crippen LogP contribution in [0.15, 0.2) is 0 Å². The molecular weight excluding hydrogens is 224 g/mol. The van der Waals surface area contributed by atoms with Crippen molar-refractivity contribution in [3.8, 4) is 0 Å². The molecule has 0 aromatic rings. The lowest BCUT2D eigenvalue weighted by Crippen LogP contribution is -2.44. The highest BCUT2D eigenvalue weighted by atomic mass is 16.2. The maximum atomic E-state index is 12.3. The number of hydrogen-bond acceptors (Lipinski definition) is 2. The molecule has 2 bridgehead atoms. The van der Waals surface area contributed by atoms with Crippen LogP contribution in [0.2, 0.25) is 0 Å². The second kappa shape index (κ2) is 5.20. The summed E-state index contributed by atoms with van der Waals surface area (Å²) < 4.78 is 0. The average molecular weight is 250 g/mol. The lowest BCUT2D eigenvalue weighted by Gasteiger charge is -2.30. The molecule has 102 valence electrons. The number of amides is 1. The first kappa shape index (κ1) is 12.5. The Kier molecular flexibility index (Phi) is 3.60. The van der Waals surface area contributed by atoms with Gasteiger partial charge < -0.3 is 10.6 Å². The van der Waals surface area contributed by atoms with Gasteiger partial charge in [0.15, 0.2) is 0 Å². The summed E-state index contributed by atoms with van der Waals surface area (Å²) in [5.74, 6) is 2.30. The van der Waals surface area contributed by atoms with Gasteiger partial charge in [-0.15, -0.1) is 0 Å². The van der Waals surface area contributed by atoms with Crippen LogP contribution in [0.3, 0.4) is 0 Å². The van der Waals surface area contributed by atoms with Crippen LogP contribution in [0.1, 0.15) is 51.4 Å². The molecule has 3 rings (SSSR count). The zero-order chi connectivity index (χ0) is 12.5. The van der Waals surface area contributed by atoms with Crippen molar-refractivity contribution in [2.45, 2.75) is 63.5 Å². The minimum atomic E-state index is 0.353. The first-order valence-electron chi connectivity index (χ1n) is 7.74. The Balaban J connectivity index is 1.47. The van der Waals surface area contributed by atoms with Gasteiger partial charge in [-0.25, -0.2) is 0 Å². The zero-order valence-electron chi connectivity index (χ0n) is 11.5. The maximum absolute atomic E-state index is 12.3. The predicted octanol–water partition coefficient (Wildman–Crippen LogP) is 2.07. The SMILES string of the molecule is CNC1CCC(NC(=O)C2CC3CCC2C3)CC1. The van der Waals surface area contributed by atoms with E-state index in [0.717, 1.165) is 18.8 Å². The lowest BCUT2D eigenvalue weighted by molar-refractivity contribution is -0.127. The van der Waals surface area contributed by atoms with Gasteiger partial charge in [-0.3, -0.25) is 4.79 Å². The van der Waals surface area contributed by atoms with Crippen molar-refractivity contribution < 1.29 is 4.79 Å². The van der Waals surface area contributed by atoms with Gasteiger partial charge in [-0.05, 0) is 63.8 Å². The summed E-state index contributed by atoms with van der Waals surface area (Å²) in [6.45, 7) is 0. The molecule has 3 unspecified atom stereocenters. The minimum absolute atomic E-state index is 0.353. The Morgan fingerprint density at radius 2 is 1.67 bits per heavy atom. The Hall–Kier alpha value is -0.570. The monoisotopic (exact) mass is 250 g/mol. The summed E-state index contributed by atoms with van der Waals surface area (Å²) in [6, 6.07) is 1.11. The fourth-order valence-electron chi connectivity index (χ4n) is 4.40. The molecule has 3 heteroatoms. The summed E-state index contributed by atoms with van der Waals surface area (Å²) in [7, 11) is 2.04. The third-order valence-electron chi connectivity index (χ3n) is 5.56. The highest BCUT2D eigenvalue weighted by Crippen LogP contribution is 2.48. The Morgan fingerprint density at radius 3 is 2.22 bits per heavy atom. The smallest absolute Gasteiger partial charge is 0.223 e. The lowest BCUT2D eigenvalue weighted by atomic mass is 9.86. The van der Waals surface area contributed by atoms with Crippen molar-refractivity contribution in [2.75, 3.05) is 7.05 Å². The van der Waals surface area contributed by atoms with Crippen LogP contribution >= 0.6 is 0 Å². The molecule has 3 aliphatic rings. The number of hydrogen-bond donors (Lipinski definition) is 2. The van der Waals surface area contributed by atoms with E-state index in [1.807, 2.05) is 7.05 Å². The first-order valence-corrected chi connectivity index (χ1v) is 7.74. The van der Waals surface area contributed by atoms with Crippen molar-refractivity contribution in [3.05, 3.63) is 0 Å². The van der Waals surface area contributed by atoms with E-state index in [9.17, 15) is 4.79 Å². The van der Waals surface area contributed by atoms with Crippen molar-refractivity contribution in [2.24, 2.45) is 17.8 Å². The molecule has 0 radical (unpaired) electrons. The van der Waals surface area contributed by atoms with Crippen molar-refractivity contribution in [1.82, 2.24) is 10.6 Å². The first-order chi connectivity index (χ1) is 8.76. The van der Waals surface area contributed by atoms with Gasteiger partial charge in [0.05, 0.1) is 0 Å². The molecule has 2 N–H and O–H groups in total. The second-order valence-corrected chi connectivity index (χ2v) is 6.63. The van der Waals surface area contributed by atoms with Crippen molar-refractivity contribution >= 4 is 5.91 Å². The molecule has 3 saturated carbocycles. The molecule has 3 atom stereocenters. The summed E-state index contributed by atoms with van der Waals surface area (Å²) in [6.07, 6.45) is 9.89. The summed E-state index contributed by atoms with van der Waals surface area (Å²) in [4.78, 5) is 12.3. The predicted molar refractivity (Wildman–Crippen MR) is 72.2 cm³/mol. The fourth-order valence-corrected chi connectivity index (χ4v) is 4.40. The van der Waals surface area contributed by atoms with Gasteiger partial charge in [-0.2, -0.15) is 0 Å². The molecule has 3 nitrogen and oxygen atoms in total. The molecule has 3 fully saturated rings. The van der Waals surface area contributed by atoms with Gasteiger partial charge in [0.2, 0.25) is 5.91 Å². The molecule has 0 aromatic heterocycles. The van der Waals surface area contributed by atoms with Gasteiger partial charge in [0.1, 0.15) is 0 Å². The maximum Gasteiger partial charge on any atom is 0.223 e. The Bertz CT molecular complexity index is 310. The summed E-state index contributed by atoms with van der Waals surface area (Å²) in [5, 5.41) is 6.67. The van der Waals surface area contributed by atoms with Crippen LogP contribution < -0.4 is 10.6 Å². The Labute approximate surface area is 110 Å². The number of carbonyl (C=O) groups is 1.